The molecule has 2 aliphatic rings. The Bertz CT molecular complexity index is 223. The lowest BCUT2D eigenvalue weighted by Gasteiger charge is -2.60. The molecule has 0 radical (unpaired) electrons. The summed E-state index contributed by atoms with van der Waals surface area (Å²) in [6.45, 7) is -4.75. The van der Waals surface area contributed by atoms with Gasteiger partial charge in [-0.2, -0.15) is 0 Å². The second-order valence-corrected chi connectivity index (χ2v) is 4.78. The zero-order valence-electron chi connectivity index (χ0n) is 8.06. The standard InChI is InChI=1S/C9H15BF3O/c11-10(12,13)7-6-8(14)9(7)4-2-1-3-5-9/h7-8,14H,1-6H2/q-1. The topological polar surface area (TPSA) is 20.2 Å². The first-order valence-electron chi connectivity index (χ1n) is 5.35. The molecule has 5 heteroatoms. The van der Waals surface area contributed by atoms with Gasteiger partial charge in [0.1, 0.15) is 0 Å². The summed E-state index contributed by atoms with van der Waals surface area (Å²) in [5.74, 6) is -1.18. The lowest BCUT2D eigenvalue weighted by Crippen LogP contribution is -2.57. The van der Waals surface area contributed by atoms with Crippen molar-refractivity contribution in [2.24, 2.45) is 5.41 Å². The maximum atomic E-state index is 12.7. The Morgan fingerprint density at radius 2 is 1.64 bits per heavy atom. The fourth-order valence-corrected chi connectivity index (χ4v) is 3.24. The maximum absolute atomic E-state index is 12.7. The predicted molar refractivity (Wildman–Crippen MR) is 49.0 cm³/mol. The van der Waals surface area contributed by atoms with E-state index in [0.29, 0.717) is 12.8 Å². The van der Waals surface area contributed by atoms with Crippen LogP contribution < -0.4 is 0 Å². The molecule has 0 saturated heterocycles. The van der Waals surface area contributed by atoms with Crippen molar-refractivity contribution >= 4 is 6.98 Å². The van der Waals surface area contributed by atoms with E-state index in [2.05, 4.69) is 0 Å². The number of aliphatic hydroxyl groups excluding tert-OH is 1. The molecule has 2 atom stereocenters. The highest BCUT2D eigenvalue weighted by atomic mass is 19.4. The van der Waals surface area contributed by atoms with Gasteiger partial charge in [-0.05, 0) is 24.7 Å². The molecule has 82 valence electrons. The molecule has 0 bridgehead atoms. The Hall–Kier alpha value is -0.185. The maximum Gasteiger partial charge on any atom is 0.482 e. The van der Waals surface area contributed by atoms with Crippen LogP contribution in [-0.4, -0.2) is 18.2 Å². The molecular formula is C9H15BF3O-. The van der Waals surface area contributed by atoms with Gasteiger partial charge in [-0.1, -0.05) is 25.1 Å². The highest BCUT2D eigenvalue weighted by molar-refractivity contribution is 6.60. The van der Waals surface area contributed by atoms with Crippen LogP contribution in [0.25, 0.3) is 0 Å². The summed E-state index contributed by atoms with van der Waals surface area (Å²) in [6, 6.07) is 0. The minimum absolute atomic E-state index is 0.0521. The monoisotopic (exact) mass is 207 g/mol. The van der Waals surface area contributed by atoms with E-state index in [4.69, 9.17) is 0 Å². The van der Waals surface area contributed by atoms with Crippen LogP contribution in [0.4, 0.5) is 12.9 Å². The number of rotatable bonds is 1. The third-order valence-electron chi connectivity index (χ3n) is 4.12. The molecule has 1 N–H and O–H groups in total. The Labute approximate surface area is 81.7 Å². The number of aliphatic hydroxyl groups is 1. The van der Waals surface area contributed by atoms with Crippen LogP contribution >= 0.6 is 0 Å². The molecule has 2 aliphatic carbocycles. The van der Waals surface area contributed by atoms with Crippen molar-refractivity contribution in [2.75, 3.05) is 0 Å². The van der Waals surface area contributed by atoms with Gasteiger partial charge in [-0.3, -0.25) is 0 Å². The van der Waals surface area contributed by atoms with Gasteiger partial charge in [0.05, 0.1) is 6.10 Å². The van der Waals surface area contributed by atoms with Crippen molar-refractivity contribution in [3.05, 3.63) is 0 Å². The minimum atomic E-state index is -4.75. The van der Waals surface area contributed by atoms with Crippen LogP contribution in [-0.2, 0) is 0 Å². The number of hydrogen-bond donors (Lipinski definition) is 1. The second-order valence-electron chi connectivity index (χ2n) is 4.78. The van der Waals surface area contributed by atoms with Crippen LogP contribution in [0.3, 0.4) is 0 Å². The highest BCUT2D eigenvalue weighted by Gasteiger charge is 2.60. The van der Waals surface area contributed by atoms with E-state index < -0.39 is 24.3 Å². The average Bonchev–Trinajstić information content (AvgIpc) is 2.14. The quantitative estimate of drug-likeness (QED) is 0.655. The van der Waals surface area contributed by atoms with Crippen LogP contribution in [0, 0.1) is 5.41 Å². The molecular weight excluding hydrogens is 192 g/mol. The van der Waals surface area contributed by atoms with Gasteiger partial charge >= 0.3 is 6.98 Å². The smallest absolute Gasteiger partial charge is 0.449 e. The molecule has 0 aromatic rings. The van der Waals surface area contributed by atoms with Gasteiger partial charge < -0.3 is 18.1 Å². The van der Waals surface area contributed by atoms with Crippen molar-refractivity contribution in [3.8, 4) is 0 Å². The summed E-state index contributed by atoms with van der Waals surface area (Å²) in [5.41, 5.74) is -0.781. The van der Waals surface area contributed by atoms with Gasteiger partial charge in [0.2, 0.25) is 0 Å². The zero-order chi connectivity index (χ0) is 10.4. The second kappa shape index (κ2) is 3.15. The van der Waals surface area contributed by atoms with E-state index in [1.807, 2.05) is 0 Å². The Kier molecular flexibility index (Phi) is 2.33. The fourth-order valence-electron chi connectivity index (χ4n) is 3.24. The van der Waals surface area contributed by atoms with Crippen molar-refractivity contribution < 1.29 is 18.1 Å². The summed E-state index contributed by atoms with van der Waals surface area (Å²) in [5, 5.41) is 9.57. The first-order valence-corrected chi connectivity index (χ1v) is 5.35. The molecule has 14 heavy (non-hydrogen) atoms. The summed E-state index contributed by atoms with van der Waals surface area (Å²) < 4.78 is 38.0. The van der Waals surface area contributed by atoms with Crippen molar-refractivity contribution in [1.82, 2.24) is 0 Å². The van der Waals surface area contributed by atoms with E-state index in [0.717, 1.165) is 19.3 Å². The first kappa shape index (κ1) is 10.3. The Morgan fingerprint density at radius 3 is 2.07 bits per heavy atom. The SMILES string of the molecule is OC1CC([B-](F)(F)F)C12CCCCC2. The fraction of sp³-hybridized carbons (Fsp3) is 1.00. The number of halogens is 3. The van der Waals surface area contributed by atoms with Gasteiger partial charge in [0, 0.05) is 0 Å². The molecule has 0 amide bonds. The van der Waals surface area contributed by atoms with E-state index in [-0.39, 0.29) is 6.42 Å². The predicted octanol–water partition coefficient (Wildman–Crippen LogP) is 2.92. The van der Waals surface area contributed by atoms with Crippen LogP contribution in [0.15, 0.2) is 0 Å². The molecule has 1 nitrogen and oxygen atoms in total. The third kappa shape index (κ3) is 1.37. The average molecular weight is 207 g/mol. The highest BCUT2D eigenvalue weighted by Crippen LogP contribution is 2.63. The van der Waals surface area contributed by atoms with Gasteiger partial charge in [0.25, 0.3) is 0 Å². The lowest BCUT2D eigenvalue weighted by molar-refractivity contribution is -0.0968. The largest absolute Gasteiger partial charge is 0.482 e. The molecule has 0 heterocycles. The molecule has 2 rings (SSSR count). The Morgan fingerprint density at radius 1 is 1.07 bits per heavy atom. The Balaban J connectivity index is 2.14. The van der Waals surface area contributed by atoms with Gasteiger partial charge in [-0.15, -0.1) is 0 Å². The van der Waals surface area contributed by atoms with E-state index in [1.54, 1.807) is 0 Å². The third-order valence-corrected chi connectivity index (χ3v) is 4.12. The van der Waals surface area contributed by atoms with Crippen molar-refractivity contribution in [3.63, 3.8) is 0 Å². The zero-order valence-corrected chi connectivity index (χ0v) is 8.06. The summed E-state index contributed by atoms with van der Waals surface area (Å²) in [4.78, 5) is 0. The van der Waals surface area contributed by atoms with Crippen molar-refractivity contribution in [2.45, 2.75) is 50.4 Å². The van der Waals surface area contributed by atoms with Gasteiger partial charge in [-0.25, -0.2) is 0 Å². The molecule has 0 aromatic carbocycles. The minimum Gasteiger partial charge on any atom is -0.449 e. The molecule has 0 aromatic heterocycles. The summed E-state index contributed by atoms with van der Waals surface area (Å²) in [7, 11) is 0. The lowest BCUT2D eigenvalue weighted by atomic mass is 9.41. The molecule has 2 saturated carbocycles. The van der Waals surface area contributed by atoms with E-state index >= 15 is 0 Å². The first-order chi connectivity index (χ1) is 6.47. The summed E-state index contributed by atoms with van der Waals surface area (Å²) >= 11 is 0. The number of hydrogen-bond acceptors (Lipinski definition) is 1. The molecule has 2 fully saturated rings. The van der Waals surface area contributed by atoms with Crippen LogP contribution in [0.1, 0.15) is 38.5 Å². The molecule has 0 aliphatic heterocycles. The van der Waals surface area contributed by atoms with Crippen LogP contribution in [0.2, 0.25) is 5.82 Å². The summed E-state index contributed by atoms with van der Waals surface area (Å²) in [6.07, 6.45) is 3.10. The van der Waals surface area contributed by atoms with E-state index in [9.17, 15) is 18.1 Å². The van der Waals surface area contributed by atoms with E-state index in [1.165, 1.54) is 0 Å². The van der Waals surface area contributed by atoms with Gasteiger partial charge in [0.15, 0.2) is 0 Å². The van der Waals surface area contributed by atoms with Crippen molar-refractivity contribution in [1.29, 1.82) is 0 Å². The normalized spacial score (nSPS) is 36.9. The van der Waals surface area contributed by atoms with Crippen LogP contribution in [0.5, 0.6) is 0 Å². The molecule has 1 spiro atoms. The molecule has 2 unspecified atom stereocenters.